The first-order valence-electron chi connectivity index (χ1n) is 5.17. The van der Waals surface area contributed by atoms with Gasteiger partial charge in [-0.05, 0) is 24.7 Å². The highest BCUT2D eigenvalue weighted by atomic mass is 35.5. The number of amides is 1. The van der Waals surface area contributed by atoms with Crippen molar-refractivity contribution in [1.82, 2.24) is 9.97 Å². The largest absolute Gasteiger partial charge is 0.294 e. The Kier molecular flexibility index (Phi) is 4.01. The average molecular weight is 258 g/mol. The zero-order valence-electron chi connectivity index (χ0n) is 8.65. The number of anilines is 1. The van der Waals surface area contributed by atoms with Crippen LogP contribution in [0.5, 0.6) is 0 Å². The van der Waals surface area contributed by atoms with Crippen molar-refractivity contribution in [3.05, 3.63) is 17.4 Å². The maximum absolute atomic E-state index is 11.8. The van der Waals surface area contributed by atoms with Gasteiger partial charge >= 0.3 is 0 Å². The number of hydrogen-bond acceptors (Lipinski definition) is 4. The highest BCUT2D eigenvalue weighted by Crippen LogP contribution is 2.25. The fourth-order valence-electron chi connectivity index (χ4n) is 1.54. The van der Waals surface area contributed by atoms with E-state index in [1.807, 2.05) is 0 Å². The highest BCUT2D eigenvalue weighted by Gasteiger charge is 2.22. The first kappa shape index (κ1) is 11.7. The van der Waals surface area contributed by atoms with Crippen LogP contribution in [-0.4, -0.2) is 26.9 Å². The van der Waals surface area contributed by atoms with Crippen molar-refractivity contribution < 1.29 is 4.79 Å². The van der Waals surface area contributed by atoms with E-state index in [4.69, 9.17) is 11.6 Å². The molecule has 1 saturated heterocycles. The number of halogens is 1. The molecule has 6 heteroatoms. The van der Waals surface area contributed by atoms with Crippen LogP contribution < -0.4 is 5.32 Å². The summed E-state index contributed by atoms with van der Waals surface area (Å²) >= 11 is 7.40. The van der Waals surface area contributed by atoms with E-state index in [0.717, 1.165) is 18.6 Å². The number of thioether (sulfide) groups is 1. The normalized spacial score (nSPS) is 20.4. The number of aromatic nitrogens is 2. The van der Waals surface area contributed by atoms with Crippen LogP contribution in [0.3, 0.4) is 0 Å². The van der Waals surface area contributed by atoms with Gasteiger partial charge in [-0.25, -0.2) is 9.97 Å². The molecule has 1 fully saturated rings. The Labute approximate surface area is 103 Å². The fourth-order valence-corrected chi connectivity index (χ4v) is 2.87. The zero-order chi connectivity index (χ0) is 11.4. The molecule has 0 aliphatic carbocycles. The van der Waals surface area contributed by atoms with Gasteiger partial charge in [-0.15, -0.1) is 11.8 Å². The van der Waals surface area contributed by atoms with Crippen LogP contribution in [0.15, 0.2) is 12.3 Å². The molecule has 1 aromatic heterocycles. The third kappa shape index (κ3) is 3.09. The van der Waals surface area contributed by atoms with Gasteiger partial charge in [-0.3, -0.25) is 10.1 Å². The number of carbonyl (C=O) groups is 1. The Hall–Kier alpha value is -0.810. The summed E-state index contributed by atoms with van der Waals surface area (Å²) in [5.74, 6) is 1.31. The quantitative estimate of drug-likeness (QED) is 0.827. The van der Waals surface area contributed by atoms with Gasteiger partial charge in [0.2, 0.25) is 11.9 Å². The molecule has 4 nitrogen and oxygen atoms in total. The third-order valence-corrected chi connectivity index (χ3v) is 3.92. The predicted molar refractivity (Wildman–Crippen MR) is 65.8 cm³/mol. The van der Waals surface area contributed by atoms with Crippen LogP contribution in [0.25, 0.3) is 0 Å². The van der Waals surface area contributed by atoms with Crippen LogP contribution in [0.2, 0.25) is 5.15 Å². The molecule has 0 aromatic carbocycles. The van der Waals surface area contributed by atoms with Gasteiger partial charge in [-0.2, -0.15) is 0 Å². The zero-order valence-corrected chi connectivity index (χ0v) is 10.2. The van der Waals surface area contributed by atoms with Crippen LogP contribution >= 0.6 is 23.4 Å². The molecule has 1 aromatic rings. The number of nitrogens with one attached hydrogen (secondary N) is 1. The van der Waals surface area contributed by atoms with Crippen LogP contribution in [-0.2, 0) is 4.79 Å². The van der Waals surface area contributed by atoms with E-state index in [0.29, 0.717) is 5.15 Å². The molecule has 0 saturated carbocycles. The van der Waals surface area contributed by atoms with Crippen LogP contribution in [0, 0.1) is 0 Å². The lowest BCUT2D eigenvalue weighted by Crippen LogP contribution is -2.28. The second kappa shape index (κ2) is 5.50. The Morgan fingerprint density at radius 1 is 1.56 bits per heavy atom. The van der Waals surface area contributed by atoms with Crippen LogP contribution in [0.4, 0.5) is 5.95 Å². The molecule has 16 heavy (non-hydrogen) atoms. The van der Waals surface area contributed by atoms with E-state index in [-0.39, 0.29) is 17.1 Å². The minimum absolute atomic E-state index is 0.0213. The summed E-state index contributed by atoms with van der Waals surface area (Å²) in [5, 5.41) is 3.05. The number of nitrogens with zero attached hydrogens (tertiary/aromatic N) is 2. The number of carbonyl (C=O) groups excluding carboxylic acids is 1. The Morgan fingerprint density at radius 2 is 2.44 bits per heavy atom. The molecule has 1 aliphatic heterocycles. The van der Waals surface area contributed by atoms with Gasteiger partial charge in [0, 0.05) is 6.20 Å². The molecule has 0 spiro atoms. The molecule has 2 heterocycles. The summed E-state index contributed by atoms with van der Waals surface area (Å²) in [5.41, 5.74) is 0. The Balaban J connectivity index is 1.96. The summed E-state index contributed by atoms with van der Waals surface area (Å²) in [6.07, 6.45) is 4.76. The van der Waals surface area contributed by atoms with Crippen molar-refractivity contribution in [2.75, 3.05) is 11.1 Å². The molecular weight excluding hydrogens is 246 g/mol. The molecular formula is C10H12ClN3OS. The summed E-state index contributed by atoms with van der Waals surface area (Å²) < 4.78 is 0. The van der Waals surface area contributed by atoms with E-state index in [2.05, 4.69) is 15.3 Å². The minimum atomic E-state index is -0.0213. The molecule has 1 unspecified atom stereocenters. The highest BCUT2D eigenvalue weighted by molar-refractivity contribution is 8.00. The topological polar surface area (TPSA) is 54.9 Å². The lowest BCUT2D eigenvalue weighted by Gasteiger charge is -2.19. The first-order valence-corrected chi connectivity index (χ1v) is 6.59. The SMILES string of the molecule is O=C(Nc1nccc(Cl)n1)C1CCCCS1. The van der Waals surface area contributed by atoms with E-state index in [9.17, 15) is 4.79 Å². The molecule has 2 rings (SSSR count). The molecule has 1 aliphatic rings. The molecule has 86 valence electrons. The molecule has 1 N–H and O–H groups in total. The van der Waals surface area contributed by atoms with Gasteiger partial charge in [0.1, 0.15) is 5.15 Å². The van der Waals surface area contributed by atoms with E-state index < -0.39 is 0 Å². The molecule has 0 bridgehead atoms. The monoisotopic (exact) mass is 257 g/mol. The van der Waals surface area contributed by atoms with Crippen molar-refractivity contribution in [2.24, 2.45) is 0 Å². The third-order valence-electron chi connectivity index (χ3n) is 2.33. The van der Waals surface area contributed by atoms with Crippen molar-refractivity contribution in [2.45, 2.75) is 24.5 Å². The lowest BCUT2D eigenvalue weighted by molar-refractivity contribution is -0.115. The summed E-state index contributed by atoms with van der Waals surface area (Å²) in [7, 11) is 0. The maximum atomic E-state index is 11.8. The second-order valence-corrected chi connectivity index (χ2v) is 5.25. The fraction of sp³-hybridized carbons (Fsp3) is 0.500. The van der Waals surface area contributed by atoms with Gasteiger partial charge in [-0.1, -0.05) is 18.0 Å². The molecule has 0 radical (unpaired) electrons. The lowest BCUT2D eigenvalue weighted by atomic mass is 10.2. The number of hydrogen-bond donors (Lipinski definition) is 1. The van der Waals surface area contributed by atoms with Crippen molar-refractivity contribution >= 4 is 35.2 Å². The average Bonchev–Trinajstić information content (AvgIpc) is 2.30. The van der Waals surface area contributed by atoms with E-state index in [1.165, 1.54) is 12.6 Å². The van der Waals surface area contributed by atoms with Gasteiger partial charge in [0.05, 0.1) is 5.25 Å². The smallest absolute Gasteiger partial charge is 0.239 e. The Morgan fingerprint density at radius 3 is 3.12 bits per heavy atom. The standard InChI is InChI=1S/C10H12ClN3OS/c11-8-4-5-12-10(13-8)14-9(15)7-3-1-2-6-16-7/h4-5,7H,1-3,6H2,(H,12,13,14,15). The Bertz CT molecular complexity index is 382. The first-order chi connectivity index (χ1) is 7.75. The van der Waals surface area contributed by atoms with Crippen molar-refractivity contribution in [3.63, 3.8) is 0 Å². The second-order valence-electron chi connectivity index (χ2n) is 3.55. The summed E-state index contributed by atoms with van der Waals surface area (Å²) in [6, 6.07) is 1.58. The summed E-state index contributed by atoms with van der Waals surface area (Å²) in [6.45, 7) is 0. The minimum Gasteiger partial charge on any atom is -0.294 e. The van der Waals surface area contributed by atoms with Gasteiger partial charge in [0.15, 0.2) is 0 Å². The van der Waals surface area contributed by atoms with Crippen molar-refractivity contribution in [1.29, 1.82) is 0 Å². The number of rotatable bonds is 2. The van der Waals surface area contributed by atoms with Crippen molar-refractivity contribution in [3.8, 4) is 0 Å². The molecule has 1 amide bonds. The van der Waals surface area contributed by atoms with E-state index >= 15 is 0 Å². The van der Waals surface area contributed by atoms with Crippen LogP contribution in [0.1, 0.15) is 19.3 Å². The van der Waals surface area contributed by atoms with E-state index in [1.54, 1.807) is 17.8 Å². The maximum Gasteiger partial charge on any atom is 0.239 e. The van der Waals surface area contributed by atoms with Gasteiger partial charge in [0.25, 0.3) is 0 Å². The predicted octanol–water partition coefficient (Wildman–Crippen LogP) is 2.35. The summed E-state index contributed by atoms with van der Waals surface area (Å²) in [4.78, 5) is 19.7. The molecule has 1 atom stereocenters. The van der Waals surface area contributed by atoms with Gasteiger partial charge < -0.3 is 0 Å².